The third-order valence-corrected chi connectivity index (χ3v) is 7.43. The minimum atomic E-state index is -0.936. The van der Waals surface area contributed by atoms with Crippen molar-refractivity contribution in [1.29, 1.82) is 5.41 Å². The molecule has 3 rings (SSSR count). The third kappa shape index (κ3) is 6.82. The summed E-state index contributed by atoms with van der Waals surface area (Å²) in [7, 11) is 0. The van der Waals surface area contributed by atoms with Crippen molar-refractivity contribution in [2.24, 2.45) is 11.8 Å². The molecule has 1 aliphatic rings. The van der Waals surface area contributed by atoms with Crippen LogP contribution in [0, 0.1) is 24.2 Å². The summed E-state index contributed by atoms with van der Waals surface area (Å²) in [6.07, 6.45) is 2.74. The first-order valence-electron chi connectivity index (χ1n) is 12.3. The summed E-state index contributed by atoms with van der Waals surface area (Å²) in [5, 5.41) is 21.4. The fourth-order valence-corrected chi connectivity index (χ4v) is 5.33. The number of carbonyl (C=O) groups excluding carboxylic acids is 3. The number of thiazole rings is 1. The molecule has 3 atom stereocenters. The highest BCUT2D eigenvalue weighted by Crippen LogP contribution is 2.29. The molecule has 1 unspecified atom stereocenters. The van der Waals surface area contributed by atoms with Crippen LogP contribution in [0.4, 0.5) is 0 Å². The predicted molar refractivity (Wildman–Crippen MR) is 142 cm³/mol. The van der Waals surface area contributed by atoms with Gasteiger partial charge >= 0.3 is 0 Å². The molecule has 1 fully saturated rings. The van der Waals surface area contributed by atoms with Gasteiger partial charge in [0.2, 0.25) is 17.7 Å². The van der Waals surface area contributed by atoms with E-state index in [-0.39, 0.29) is 36.1 Å². The van der Waals surface area contributed by atoms with Gasteiger partial charge in [-0.05, 0) is 43.7 Å². The van der Waals surface area contributed by atoms with Crippen molar-refractivity contribution in [3.8, 4) is 10.4 Å². The van der Waals surface area contributed by atoms with Crippen molar-refractivity contribution in [1.82, 2.24) is 15.2 Å². The summed E-state index contributed by atoms with van der Waals surface area (Å²) in [4.78, 5) is 44.1. The molecule has 2 amide bonds. The second-order valence-electron chi connectivity index (χ2n) is 9.44. The lowest BCUT2D eigenvalue weighted by molar-refractivity contribution is -0.142. The minimum Gasteiger partial charge on any atom is -0.511 e. The number of likely N-dealkylation sites (tertiary alicyclic amines) is 1. The molecule has 3 N–H and O–H groups in total. The number of nitrogens with one attached hydrogen (secondary N) is 2. The molecule has 0 radical (unpaired) electrons. The maximum atomic E-state index is 13.4. The van der Waals surface area contributed by atoms with Crippen LogP contribution in [0.5, 0.6) is 0 Å². The van der Waals surface area contributed by atoms with Crippen molar-refractivity contribution in [3.05, 3.63) is 52.9 Å². The summed E-state index contributed by atoms with van der Waals surface area (Å²) < 4.78 is 4.86. The highest BCUT2D eigenvalue weighted by Gasteiger charge is 2.39. The van der Waals surface area contributed by atoms with E-state index >= 15 is 0 Å². The zero-order valence-electron chi connectivity index (χ0n) is 21.6. The Labute approximate surface area is 221 Å². The average molecular weight is 527 g/mol. The standard InChI is InChI=1S/C27H34N4O5S/c1-16(2)24(22(33)14-23(28)36-13-12-32)27(35)31-11-5-6-21(31)26(34)30-17(3)19-7-9-20(10-8-19)25-18(4)29-15-37-25/h7-10,12,14-17,21,24,28,33H,5-6,11,13H2,1-4H3,(H,30,34)/b22-14-,28-23?/t17-,21-,24?/m0/s1. The SMILES string of the molecule is Cc1ncsc1-c1ccc([C@H](C)NC(=O)[C@@H]2CCCN2C(=O)C(/C(O)=C/C(=N)OCC=O)C(C)C)cc1. The van der Waals surface area contributed by atoms with Gasteiger partial charge in [-0.15, -0.1) is 11.3 Å². The first-order chi connectivity index (χ1) is 17.6. The zero-order valence-corrected chi connectivity index (χ0v) is 22.4. The van der Waals surface area contributed by atoms with Crippen LogP contribution in [0.2, 0.25) is 0 Å². The summed E-state index contributed by atoms with van der Waals surface area (Å²) in [5.74, 6) is -2.58. The number of amides is 2. The average Bonchev–Trinajstić information content (AvgIpc) is 3.52. The third-order valence-electron chi connectivity index (χ3n) is 6.45. The molecule has 0 aliphatic carbocycles. The number of aryl methyl sites for hydroxylation is 1. The van der Waals surface area contributed by atoms with E-state index in [1.165, 1.54) is 4.90 Å². The Balaban J connectivity index is 1.69. The van der Waals surface area contributed by atoms with Gasteiger partial charge in [-0.25, -0.2) is 4.98 Å². The Hall–Kier alpha value is -3.53. The molecular weight excluding hydrogens is 492 g/mol. The van der Waals surface area contributed by atoms with E-state index in [2.05, 4.69) is 10.3 Å². The molecule has 9 nitrogen and oxygen atoms in total. The van der Waals surface area contributed by atoms with Crippen LogP contribution in [0.25, 0.3) is 10.4 Å². The van der Waals surface area contributed by atoms with Crippen molar-refractivity contribution < 1.29 is 24.2 Å². The van der Waals surface area contributed by atoms with Crippen LogP contribution in [0.1, 0.15) is 50.9 Å². The maximum Gasteiger partial charge on any atom is 0.243 e. The van der Waals surface area contributed by atoms with Gasteiger partial charge in [0.05, 0.1) is 28.0 Å². The summed E-state index contributed by atoms with van der Waals surface area (Å²) in [5.41, 5.74) is 4.83. The molecule has 2 heterocycles. The van der Waals surface area contributed by atoms with Crippen LogP contribution in [-0.2, 0) is 19.1 Å². The normalized spacial score (nSPS) is 17.4. The van der Waals surface area contributed by atoms with Gasteiger partial charge in [0, 0.05) is 12.6 Å². The van der Waals surface area contributed by atoms with E-state index in [4.69, 9.17) is 10.1 Å². The molecule has 1 aromatic carbocycles. The van der Waals surface area contributed by atoms with Gasteiger partial charge in [0.25, 0.3) is 0 Å². The van der Waals surface area contributed by atoms with Gasteiger partial charge in [0.15, 0.2) is 6.29 Å². The van der Waals surface area contributed by atoms with Crippen molar-refractivity contribution in [2.45, 2.75) is 52.6 Å². The first kappa shape index (κ1) is 28.0. The summed E-state index contributed by atoms with van der Waals surface area (Å²) in [6.45, 7) is 7.54. The second kappa shape index (κ2) is 12.6. The van der Waals surface area contributed by atoms with E-state index < -0.39 is 17.9 Å². The molecule has 37 heavy (non-hydrogen) atoms. The number of ether oxygens (including phenoxy) is 1. The lowest BCUT2D eigenvalue weighted by Gasteiger charge is -2.30. The lowest BCUT2D eigenvalue weighted by atomic mass is 9.91. The number of aliphatic hydroxyl groups is 1. The second-order valence-corrected chi connectivity index (χ2v) is 10.3. The number of benzene rings is 1. The Bertz CT molecular complexity index is 1160. The van der Waals surface area contributed by atoms with Crippen LogP contribution in [0.3, 0.4) is 0 Å². The Kier molecular flexibility index (Phi) is 9.57. The zero-order chi connectivity index (χ0) is 27.1. The maximum absolute atomic E-state index is 13.4. The summed E-state index contributed by atoms with van der Waals surface area (Å²) >= 11 is 1.59. The van der Waals surface area contributed by atoms with Crippen LogP contribution in [0.15, 0.2) is 41.6 Å². The topological polar surface area (TPSA) is 133 Å². The van der Waals surface area contributed by atoms with Gasteiger partial charge in [-0.1, -0.05) is 38.1 Å². The number of aldehydes is 1. The van der Waals surface area contributed by atoms with E-state index in [0.29, 0.717) is 25.7 Å². The van der Waals surface area contributed by atoms with E-state index in [1.54, 1.807) is 25.2 Å². The number of hydrogen-bond acceptors (Lipinski definition) is 8. The number of carbonyl (C=O) groups is 3. The van der Waals surface area contributed by atoms with Gasteiger partial charge in [0.1, 0.15) is 18.4 Å². The van der Waals surface area contributed by atoms with Crippen LogP contribution in [-0.4, -0.2) is 58.2 Å². The molecule has 198 valence electrons. The predicted octanol–water partition coefficient (Wildman–Crippen LogP) is 4.19. The first-order valence-corrected chi connectivity index (χ1v) is 13.2. The monoisotopic (exact) mass is 526 g/mol. The Morgan fingerprint density at radius 2 is 2.00 bits per heavy atom. The Morgan fingerprint density at radius 3 is 2.59 bits per heavy atom. The summed E-state index contributed by atoms with van der Waals surface area (Å²) in [6, 6.07) is 7.10. The smallest absolute Gasteiger partial charge is 0.243 e. The fraction of sp³-hybridized carbons (Fsp3) is 0.444. The number of rotatable bonds is 10. The van der Waals surface area contributed by atoms with E-state index in [0.717, 1.165) is 27.8 Å². The van der Waals surface area contributed by atoms with E-state index in [9.17, 15) is 19.5 Å². The highest BCUT2D eigenvalue weighted by molar-refractivity contribution is 7.13. The molecule has 1 aliphatic heterocycles. The number of aliphatic hydroxyl groups excluding tert-OH is 1. The molecule has 0 spiro atoms. The molecular formula is C27H34N4O5S. The van der Waals surface area contributed by atoms with Gasteiger partial charge in [-0.3, -0.25) is 19.8 Å². The van der Waals surface area contributed by atoms with E-state index in [1.807, 2.05) is 43.6 Å². The van der Waals surface area contributed by atoms with Crippen molar-refractivity contribution in [3.63, 3.8) is 0 Å². The lowest BCUT2D eigenvalue weighted by Crippen LogP contribution is -2.49. The van der Waals surface area contributed by atoms with Gasteiger partial charge in [-0.2, -0.15) is 0 Å². The number of aromatic nitrogens is 1. The largest absolute Gasteiger partial charge is 0.511 e. The number of hydrogen-bond donors (Lipinski definition) is 3. The quantitative estimate of drug-likeness (QED) is 0.184. The minimum absolute atomic E-state index is 0.242. The van der Waals surface area contributed by atoms with Crippen molar-refractivity contribution in [2.75, 3.05) is 13.2 Å². The molecule has 2 aromatic rings. The molecule has 10 heteroatoms. The number of nitrogens with zero attached hydrogens (tertiary/aromatic N) is 2. The molecule has 0 bridgehead atoms. The van der Waals surface area contributed by atoms with Crippen LogP contribution < -0.4 is 5.32 Å². The molecule has 1 aromatic heterocycles. The van der Waals surface area contributed by atoms with Crippen LogP contribution >= 0.6 is 11.3 Å². The molecule has 0 saturated carbocycles. The highest BCUT2D eigenvalue weighted by atomic mass is 32.1. The Morgan fingerprint density at radius 1 is 1.30 bits per heavy atom. The molecule has 1 saturated heterocycles. The van der Waals surface area contributed by atoms with Gasteiger partial charge < -0.3 is 20.1 Å². The van der Waals surface area contributed by atoms with Crippen molar-refractivity contribution >= 4 is 35.3 Å². The fourth-order valence-electron chi connectivity index (χ4n) is 4.52.